The lowest BCUT2D eigenvalue weighted by molar-refractivity contribution is 0.433. The SMILES string of the molecule is CN(C)c1ccc(-c2nc3c4c(ncn3n2)Oc2ccc3ccccc3c2[C@@H]4c2ccccc2)cc1. The minimum Gasteiger partial charge on any atom is -0.438 e. The van der Waals surface area contributed by atoms with Gasteiger partial charge < -0.3 is 9.64 Å². The standard InChI is InChI=1S/C30H23N5O/c1-34(2)22-15-12-21(13-16-22)28-32-29-27-25(20-9-4-3-5-10-20)26-23-11-7-6-8-19(23)14-17-24(26)36-30(27)31-18-35(29)33-28/h3-18,25H,1-2H3/t25-/m0/s1. The fraction of sp³-hybridized carbons (Fsp3) is 0.100. The van der Waals surface area contributed by atoms with Crippen molar-refractivity contribution >= 4 is 22.1 Å². The Hall–Kier alpha value is -4.71. The number of ether oxygens (including phenoxy) is 1. The minimum atomic E-state index is -0.0968. The Kier molecular flexibility index (Phi) is 4.54. The van der Waals surface area contributed by atoms with E-state index in [0.717, 1.165) is 44.7 Å². The number of rotatable bonds is 3. The predicted molar refractivity (Wildman–Crippen MR) is 142 cm³/mol. The molecule has 0 spiro atoms. The Morgan fingerprint density at radius 3 is 2.39 bits per heavy atom. The predicted octanol–water partition coefficient (Wildman–Crippen LogP) is 6.30. The fourth-order valence-corrected chi connectivity index (χ4v) is 5.11. The van der Waals surface area contributed by atoms with Crippen LogP contribution in [-0.4, -0.2) is 33.7 Å². The van der Waals surface area contributed by atoms with Crippen LogP contribution in [0.2, 0.25) is 0 Å². The zero-order chi connectivity index (χ0) is 24.2. The van der Waals surface area contributed by atoms with E-state index in [1.54, 1.807) is 10.8 Å². The molecule has 0 amide bonds. The molecule has 3 heterocycles. The molecule has 0 N–H and O–H groups in total. The van der Waals surface area contributed by atoms with Crippen LogP contribution in [0.15, 0.2) is 97.3 Å². The van der Waals surface area contributed by atoms with E-state index in [-0.39, 0.29) is 5.92 Å². The molecule has 0 radical (unpaired) electrons. The Balaban J connectivity index is 1.48. The fourth-order valence-electron chi connectivity index (χ4n) is 5.11. The van der Waals surface area contributed by atoms with E-state index >= 15 is 0 Å². The lowest BCUT2D eigenvalue weighted by atomic mass is 9.81. The summed E-state index contributed by atoms with van der Waals surface area (Å²) in [5, 5.41) is 7.12. The van der Waals surface area contributed by atoms with Crippen molar-refractivity contribution in [2.75, 3.05) is 19.0 Å². The molecular weight excluding hydrogens is 446 g/mol. The number of benzene rings is 4. The maximum absolute atomic E-state index is 6.40. The number of nitrogens with zero attached hydrogens (tertiary/aromatic N) is 5. The molecule has 0 unspecified atom stereocenters. The van der Waals surface area contributed by atoms with E-state index in [4.69, 9.17) is 14.8 Å². The van der Waals surface area contributed by atoms with Crippen LogP contribution in [0.25, 0.3) is 27.8 Å². The minimum absolute atomic E-state index is 0.0968. The summed E-state index contributed by atoms with van der Waals surface area (Å²) in [6, 6.07) is 31.4. The topological polar surface area (TPSA) is 55.6 Å². The largest absolute Gasteiger partial charge is 0.438 e. The van der Waals surface area contributed by atoms with Gasteiger partial charge in [-0.2, -0.15) is 0 Å². The molecule has 0 saturated heterocycles. The van der Waals surface area contributed by atoms with Gasteiger partial charge in [-0.05, 0) is 46.7 Å². The third-order valence-corrected chi connectivity index (χ3v) is 6.88. The van der Waals surface area contributed by atoms with E-state index < -0.39 is 0 Å². The normalized spacial score (nSPS) is 14.3. The van der Waals surface area contributed by atoms with Gasteiger partial charge in [0.2, 0.25) is 5.88 Å². The summed E-state index contributed by atoms with van der Waals surface area (Å²) in [7, 11) is 4.06. The van der Waals surface area contributed by atoms with E-state index in [2.05, 4.69) is 88.7 Å². The van der Waals surface area contributed by atoms with Crippen LogP contribution in [0.5, 0.6) is 11.6 Å². The van der Waals surface area contributed by atoms with Gasteiger partial charge in [-0.15, -0.1) is 5.10 Å². The molecule has 6 aromatic rings. The van der Waals surface area contributed by atoms with Gasteiger partial charge in [0.25, 0.3) is 0 Å². The highest BCUT2D eigenvalue weighted by molar-refractivity contribution is 5.91. The Bertz CT molecular complexity index is 1740. The molecule has 36 heavy (non-hydrogen) atoms. The van der Waals surface area contributed by atoms with E-state index in [1.165, 1.54) is 5.39 Å². The van der Waals surface area contributed by atoms with Gasteiger partial charge in [0.15, 0.2) is 11.5 Å². The zero-order valence-electron chi connectivity index (χ0n) is 20.0. The lowest BCUT2D eigenvalue weighted by Crippen LogP contribution is -2.15. The highest BCUT2D eigenvalue weighted by Crippen LogP contribution is 2.50. The van der Waals surface area contributed by atoms with Crippen molar-refractivity contribution in [3.63, 3.8) is 0 Å². The zero-order valence-corrected chi connectivity index (χ0v) is 20.0. The van der Waals surface area contributed by atoms with Crippen LogP contribution in [0.1, 0.15) is 22.6 Å². The molecule has 0 fully saturated rings. The molecule has 1 aliphatic heterocycles. The van der Waals surface area contributed by atoms with Crippen LogP contribution in [0, 0.1) is 0 Å². The van der Waals surface area contributed by atoms with Gasteiger partial charge in [-0.3, -0.25) is 0 Å². The van der Waals surface area contributed by atoms with Crippen molar-refractivity contribution in [2.24, 2.45) is 0 Å². The van der Waals surface area contributed by atoms with Gasteiger partial charge in [0.05, 0.1) is 5.56 Å². The molecule has 0 bridgehead atoms. The highest BCUT2D eigenvalue weighted by atomic mass is 16.5. The van der Waals surface area contributed by atoms with Crippen molar-refractivity contribution < 1.29 is 4.74 Å². The van der Waals surface area contributed by atoms with Crippen molar-refractivity contribution in [3.05, 3.63) is 114 Å². The molecule has 0 saturated carbocycles. The van der Waals surface area contributed by atoms with Crippen molar-refractivity contribution in [1.29, 1.82) is 0 Å². The summed E-state index contributed by atoms with van der Waals surface area (Å²) < 4.78 is 8.17. The summed E-state index contributed by atoms with van der Waals surface area (Å²) in [6.07, 6.45) is 1.69. The first-order valence-corrected chi connectivity index (χ1v) is 11.9. The molecule has 4 aromatic carbocycles. The van der Waals surface area contributed by atoms with Gasteiger partial charge in [-0.1, -0.05) is 60.7 Å². The number of aromatic nitrogens is 4. The van der Waals surface area contributed by atoms with E-state index in [0.29, 0.717) is 11.7 Å². The van der Waals surface area contributed by atoms with Crippen LogP contribution < -0.4 is 9.64 Å². The second-order valence-electron chi connectivity index (χ2n) is 9.25. The number of anilines is 1. The first-order chi connectivity index (χ1) is 17.7. The third kappa shape index (κ3) is 3.15. The second kappa shape index (κ2) is 7.92. The summed E-state index contributed by atoms with van der Waals surface area (Å²) in [6.45, 7) is 0. The number of fused-ring (bicyclic) bond motifs is 6. The van der Waals surface area contributed by atoms with Crippen molar-refractivity contribution in [1.82, 2.24) is 19.6 Å². The molecule has 0 aliphatic carbocycles. The third-order valence-electron chi connectivity index (χ3n) is 6.88. The molecule has 174 valence electrons. The first-order valence-electron chi connectivity index (χ1n) is 11.9. The average Bonchev–Trinajstić information content (AvgIpc) is 3.37. The Morgan fingerprint density at radius 2 is 1.58 bits per heavy atom. The van der Waals surface area contributed by atoms with E-state index in [1.807, 2.05) is 26.2 Å². The van der Waals surface area contributed by atoms with Crippen molar-refractivity contribution in [3.8, 4) is 23.0 Å². The molecule has 7 rings (SSSR count). The molecule has 1 atom stereocenters. The monoisotopic (exact) mass is 469 g/mol. The number of hydrogen-bond acceptors (Lipinski definition) is 5. The lowest BCUT2D eigenvalue weighted by Gasteiger charge is -2.29. The van der Waals surface area contributed by atoms with Gasteiger partial charge in [0.1, 0.15) is 12.1 Å². The molecule has 6 heteroatoms. The summed E-state index contributed by atoms with van der Waals surface area (Å²) >= 11 is 0. The Labute approximate surface area is 208 Å². The molecule has 2 aromatic heterocycles. The van der Waals surface area contributed by atoms with Crippen molar-refractivity contribution in [2.45, 2.75) is 5.92 Å². The van der Waals surface area contributed by atoms with Crippen LogP contribution >= 0.6 is 0 Å². The van der Waals surface area contributed by atoms with Crippen LogP contribution in [0.3, 0.4) is 0 Å². The van der Waals surface area contributed by atoms with Crippen LogP contribution in [-0.2, 0) is 0 Å². The maximum atomic E-state index is 6.40. The molecular formula is C30H23N5O. The molecule has 6 nitrogen and oxygen atoms in total. The molecule has 1 aliphatic rings. The second-order valence-corrected chi connectivity index (χ2v) is 9.25. The maximum Gasteiger partial charge on any atom is 0.228 e. The Morgan fingerprint density at radius 1 is 0.806 bits per heavy atom. The summed E-state index contributed by atoms with van der Waals surface area (Å²) in [4.78, 5) is 11.8. The average molecular weight is 470 g/mol. The van der Waals surface area contributed by atoms with Gasteiger partial charge in [0, 0.05) is 36.8 Å². The summed E-state index contributed by atoms with van der Waals surface area (Å²) in [5.41, 5.74) is 6.05. The van der Waals surface area contributed by atoms with E-state index in [9.17, 15) is 0 Å². The quantitative estimate of drug-likeness (QED) is 0.304. The number of hydrogen-bond donors (Lipinski definition) is 0. The first kappa shape index (κ1) is 20.6. The highest BCUT2D eigenvalue weighted by Gasteiger charge is 2.34. The van der Waals surface area contributed by atoms with Crippen LogP contribution in [0.4, 0.5) is 5.69 Å². The smallest absolute Gasteiger partial charge is 0.228 e. The van der Waals surface area contributed by atoms with Gasteiger partial charge in [-0.25, -0.2) is 14.5 Å². The summed E-state index contributed by atoms with van der Waals surface area (Å²) in [5.74, 6) is 1.96. The van der Waals surface area contributed by atoms with Gasteiger partial charge >= 0.3 is 0 Å².